The summed E-state index contributed by atoms with van der Waals surface area (Å²) in [7, 11) is 0. The van der Waals surface area contributed by atoms with E-state index in [2.05, 4.69) is 5.32 Å². The summed E-state index contributed by atoms with van der Waals surface area (Å²) in [5.41, 5.74) is 0.989. The molecule has 2 rings (SSSR count). The molecular formula is C15H11Cl2NO3. The Balaban J connectivity index is 2.15. The van der Waals surface area contributed by atoms with Crippen LogP contribution in [0.25, 0.3) is 0 Å². The van der Waals surface area contributed by atoms with Crippen LogP contribution in [0.15, 0.2) is 42.5 Å². The first-order valence-corrected chi connectivity index (χ1v) is 6.79. The lowest BCUT2D eigenvalue weighted by molar-refractivity contribution is -0.115. The van der Waals surface area contributed by atoms with Crippen LogP contribution in [-0.4, -0.2) is 17.0 Å². The van der Waals surface area contributed by atoms with Crippen molar-refractivity contribution in [3.05, 3.63) is 63.6 Å². The number of aromatic carboxylic acids is 1. The number of hydrogen-bond acceptors (Lipinski definition) is 2. The number of hydrogen-bond donors (Lipinski definition) is 2. The standard InChI is InChI=1S/C15H11Cl2NO3/c16-11-4-2-1-3-9(11)8-14(19)18-13-7-10(15(20)21)5-6-12(13)17/h1-7H,8H2,(H,18,19)(H,20,21). The smallest absolute Gasteiger partial charge is 0.335 e. The summed E-state index contributed by atoms with van der Waals surface area (Å²) in [6.45, 7) is 0. The van der Waals surface area contributed by atoms with Gasteiger partial charge in [0, 0.05) is 5.02 Å². The third-order valence-electron chi connectivity index (χ3n) is 2.80. The second-order valence-electron chi connectivity index (χ2n) is 4.32. The van der Waals surface area contributed by atoms with Crippen LogP contribution in [0, 0.1) is 0 Å². The Labute approximate surface area is 131 Å². The summed E-state index contributed by atoms with van der Waals surface area (Å²) in [6, 6.07) is 11.1. The number of carboxylic acid groups (broad SMARTS) is 1. The molecule has 4 nitrogen and oxygen atoms in total. The van der Waals surface area contributed by atoms with Crippen molar-refractivity contribution in [2.24, 2.45) is 0 Å². The lowest BCUT2D eigenvalue weighted by Crippen LogP contribution is -2.15. The van der Waals surface area contributed by atoms with Crippen molar-refractivity contribution in [1.82, 2.24) is 0 Å². The molecule has 0 bridgehead atoms. The molecule has 2 aromatic carbocycles. The van der Waals surface area contributed by atoms with Crippen LogP contribution in [-0.2, 0) is 11.2 Å². The number of benzene rings is 2. The van der Waals surface area contributed by atoms with Gasteiger partial charge in [0.15, 0.2) is 0 Å². The van der Waals surface area contributed by atoms with E-state index in [4.69, 9.17) is 28.3 Å². The van der Waals surface area contributed by atoms with Crippen LogP contribution in [0.1, 0.15) is 15.9 Å². The number of carboxylic acids is 1. The fourth-order valence-corrected chi connectivity index (χ4v) is 2.13. The van der Waals surface area contributed by atoms with Gasteiger partial charge in [0.1, 0.15) is 0 Å². The molecule has 0 saturated heterocycles. The largest absolute Gasteiger partial charge is 0.478 e. The Morgan fingerprint density at radius 1 is 1.05 bits per heavy atom. The maximum absolute atomic E-state index is 12.0. The highest BCUT2D eigenvalue weighted by atomic mass is 35.5. The van der Waals surface area contributed by atoms with E-state index in [-0.39, 0.29) is 28.6 Å². The lowest BCUT2D eigenvalue weighted by atomic mass is 10.1. The molecule has 0 radical (unpaired) electrons. The summed E-state index contributed by atoms with van der Waals surface area (Å²) in [5, 5.41) is 12.3. The highest BCUT2D eigenvalue weighted by molar-refractivity contribution is 6.34. The van der Waals surface area contributed by atoms with Gasteiger partial charge in [0.05, 0.1) is 22.7 Å². The molecule has 0 aliphatic heterocycles. The van der Waals surface area contributed by atoms with Crippen molar-refractivity contribution in [2.75, 3.05) is 5.32 Å². The van der Waals surface area contributed by atoms with Crippen LogP contribution in [0.3, 0.4) is 0 Å². The van der Waals surface area contributed by atoms with Crippen molar-refractivity contribution in [3.63, 3.8) is 0 Å². The van der Waals surface area contributed by atoms with Gasteiger partial charge in [-0.05, 0) is 29.8 Å². The molecule has 2 aromatic rings. The average molecular weight is 324 g/mol. The summed E-state index contributed by atoms with van der Waals surface area (Å²) >= 11 is 11.9. The molecule has 2 N–H and O–H groups in total. The second-order valence-corrected chi connectivity index (χ2v) is 5.13. The summed E-state index contributed by atoms with van der Waals surface area (Å²) < 4.78 is 0. The van der Waals surface area contributed by atoms with Crippen molar-refractivity contribution in [2.45, 2.75) is 6.42 Å². The van der Waals surface area contributed by atoms with Gasteiger partial charge >= 0.3 is 5.97 Å². The number of carbonyl (C=O) groups is 2. The number of anilines is 1. The van der Waals surface area contributed by atoms with E-state index < -0.39 is 5.97 Å². The zero-order valence-electron chi connectivity index (χ0n) is 10.8. The highest BCUT2D eigenvalue weighted by Gasteiger charge is 2.11. The molecule has 0 spiro atoms. The van der Waals surface area contributed by atoms with Crippen molar-refractivity contribution < 1.29 is 14.7 Å². The maximum atomic E-state index is 12.0. The normalized spacial score (nSPS) is 10.2. The zero-order chi connectivity index (χ0) is 15.4. The Kier molecular flexibility index (Phi) is 4.83. The number of nitrogens with one attached hydrogen (secondary N) is 1. The Morgan fingerprint density at radius 2 is 1.76 bits per heavy atom. The van der Waals surface area contributed by atoms with E-state index in [1.807, 2.05) is 0 Å². The van der Waals surface area contributed by atoms with Gasteiger partial charge in [-0.15, -0.1) is 0 Å². The molecule has 0 aliphatic carbocycles. The van der Waals surface area contributed by atoms with Gasteiger partial charge < -0.3 is 10.4 Å². The quantitative estimate of drug-likeness (QED) is 0.897. The van der Waals surface area contributed by atoms with Gasteiger partial charge in [-0.3, -0.25) is 4.79 Å². The first-order chi connectivity index (χ1) is 9.97. The Hall–Kier alpha value is -2.04. The van der Waals surface area contributed by atoms with Crippen molar-refractivity contribution in [1.29, 1.82) is 0 Å². The van der Waals surface area contributed by atoms with Gasteiger partial charge in [-0.2, -0.15) is 0 Å². The van der Waals surface area contributed by atoms with E-state index in [9.17, 15) is 9.59 Å². The second kappa shape index (κ2) is 6.61. The van der Waals surface area contributed by atoms with Crippen molar-refractivity contribution >= 4 is 40.8 Å². The Morgan fingerprint density at radius 3 is 2.43 bits per heavy atom. The molecule has 0 aromatic heterocycles. The highest BCUT2D eigenvalue weighted by Crippen LogP contribution is 2.24. The van der Waals surface area contributed by atoms with Gasteiger partial charge in [0.2, 0.25) is 5.91 Å². The molecule has 21 heavy (non-hydrogen) atoms. The van der Waals surface area contributed by atoms with Gasteiger partial charge in [0.25, 0.3) is 0 Å². The van der Waals surface area contributed by atoms with Crippen LogP contribution in [0.2, 0.25) is 10.0 Å². The number of carbonyl (C=O) groups excluding carboxylic acids is 1. The van der Waals surface area contributed by atoms with E-state index in [1.165, 1.54) is 18.2 Å². The molecule has 6 heteroatoms. The third-order valence-corrected chi connectivity index (χ3v) is 3.49. The molecule has 0 aliphatic rings. The Bertz CT molecular complexity index is 701. The lowest BCUT2D eigenvalue weighted by Gasteiger charge is -2.09. The van der Waals surface area contributed by atoms with E-state index in [1.54, 1.807) is 24.3 Å². The minimum Gasteiger partial charge on any atom is -0.478 e. The minimum atomic E-state index is -1.09. The van der Waals surface area contributed by atoms with Crippen LogP contribution in [0.4, 0.5) is 5.69 Å². The third kappa shape index (κ3) is 3.97. The first-order valence-electron chi connectivity index (χ1n) is 6.03. The maximum Gasteiger partial charge on any atom is 0.335 e. The molecule has 0 heterocycles. The molecule has 1 amide bonds. The summed E-state index contributed by atoms with van der Waals surface area (Å²) in [6.07, 6.45) is 0.0767. The van der Waals surface area contributed by atoms with Crippen LogP contribution in [0.5, 0.6) is 0 Å². The van der Waals surface area contributed by atoms with Gasteiger partial charge in [-0.25, -0.2) is 4.79 Å². The first kappa shape index (κ1) is 15.4. The predicted molar refractivity (Wildman–Crippen MR) is 82.2 cm³/mol. The number of rotatable bonds is 4. The topological polar surface area (TPSA) is 66.4 Å². The van der Waals surface area contributed by atoms with E-state index in [0.29, 0.717) is 10.6 Å². The molecular weight excluding hydrogens is 313 g/mol. The summed E-state index contributed by atoms with van der Waals surface area (Å²) in [5.74, 6) is -1.42. The number of amides is 1. The predicted octanol–water partition coefficient (Wildman–Crippen LogP) is 3.87. The van der Waals surface area contributed by atoms with Gasteiger partial charge in [-0.1, -0.05) is 41.4 Å². The molecule has 0 fully saturated rings. The van der Waals surface area contributed by atoms with Crippen molar-refractivity contribution in [3.8, 4) is 0 Å². The van der Waals surface area contributed by atoms with Crippen LogP contribution < -0.4 is 5.32 Å². The zero-order valence-corrected chi connectivity index (χ0v) is 12.3. The average Bonchev–Trinajstić information content (AvgIpc) is 2.43. The molecule has 108 valence electrons. The fourth-order valence-electron chi connectivity index (χ4n) is 1.76. The molecule has 0 atom stereocenters. The molecule has 0 unspecified atom stereocenters. The van der Waals surface area contributed by atoms with E-state index >= 15 is 0 Å². The minimum absolute atomic E-state index is 0.0486. The molecule has 0 saturated carbocycles. The fraction of sp³-hybridized carbons (Fsp3) is 0.0667. The number of halogens is 2. The monoisotopic (exact) mass is 323 g/mol. The SMILES string of the molecule is O=C(Cc1ccccc1Cl)Nc1cc(C(=O)O)ccc1Cl. The van der Waals surface area contributed by atoms with Crippen LogP contribution >= 0.6 is 23.2 Å². The van der Waals surface area contributed by atoms with E-state index in [0.717, 1.165) is 0 Å². The summed E-state index contributed by atoms with van der Waals surface area (Å²) in [4.78, 5) is 22.9.